The maximum absolute atomic E-state index is 12.2. The number of rotatable bonds is 6. The van der Waals surface area contributed by atoms with Crippen molar-refractivity contribution < 1.29 is 4.79 Å². The highest BCUT2D eigenvalue weighted by molar-refractivity contribution is 6.31. The average molecular weight is 307 g/mol. The zero-order chi connectivity index (χ0) is 15.2. The standard InChI is InChI=1S/C15H19ClN4O/c1-11(2)14(10-20-8-7-17-19-20)18-15(21)9-12-5-3-4-6-13(12)16/h3-8,11,14H,9-10H2,1-2H3,(H,18,21)/t14-/m0/s1. The van der Waals surface area contributed by atoms with Crippen LogP contribution in [-0.2, 0) is 17.8 Å². The maximum atomic E-state index is 12.2. The third-order valence-corrected chi connectivity index (χ3v) is 3.68. The summed E-state index contributed by atoms with van der Waals surface area (Å²) in [5.74, 6) is 0.256. The van der Waals surface area contributed by atoms with Gasteiger partial charge in [0.2, 0.25) is 5.91 Å². The van der Waals surface area contributed by atoms with Crippen LogP contribution in [0.3, 0.4) is 0 Å². The molecular formula is C15H19ClN4O. The number of carbonyl (C=O) groups excluding carboxylic acids is 1. The molecule has 0 radical (unpaired) electrons. The van der Waals surface area contributed by atoms with E-state index in [9.17, 15) is 4.79 Å². The highest BCUT2D eigenvalue weighted by Crippen LogP contribution is 2.15. The van der Waals surface area contributed by atoms with Crippen LogP contribution in [0.25, 0.3) is 0 Å². The van der Waals surface area contributed by atoms with E-state index < -0.39 is 0 Å². The third-order valence-electron chi connectivity index (χ3n) is 3.32. The van der Waals surface area contributed by atoms with E-state index in [1.165, 1.54) is 0 Å². The maximum Gasteiger partial charge on any atom is 0.224 e. The second kappa shape index (κ2) is 7.22. The lowest BCUT2D eigenvalue weighted by Gasteiger charge is -2.22. The predicted octanol–water partition coefficient (Wildman–Crippen LogP) is 2.31. The highest BCUT2D eigenvalue weighted by atomic mass is 35.5. The van der Waals surface area contributed by atoms with Crippen LogP contribution in [0.4, 0.5) is 0 Å². The van der Waals surface area contributed by atoms with E-state index in [0.29, 0.717) is 17.5 Å². The molecule has 2 rings (SSSR count). The Hall–Kier alpha value is -1.88. The Morgan fingerprint density at radius 3 is 2.76 bits per heavy atom. The molecule has 1 amide bonds. The van der Waals surface area contributed by atoms with Crippen LogP contribution in [0.5, 0.6) is 0 Å². The van der Waals surface area contributed by atoms with Gasteiger partial charge in [-0.2, -0.15) is 0 Å². The minimum Gasteiger partial charge on any atom is -0.351 e. The molecule has 1 aromatic carbocycles. The fourth-order valence-corrected chi connectivity index (χ4v) is 2.23. The smallest absolute Gasteiger partial charge is 0.224 e. The van der Waals surface area contributed by atoms with E-state index in [4.69, 9.17) is 11.6 Å². The van der Waals surface area contributed by atoms with Crippen molar-refractivity contribution >= 4 is 17.5 Å². The summed E-state index contributed by atoms with van der Waals surface area (Å²) in [6.45, 7) is 4.74. The Labute approximate surface area is 129 Å². The predicted molar refractivity (Wildman–Crippen MR) is 81.9 cm³/mol. The minimum atomic E-state index is -0.0399. The molecule has 0 unspecified atom stereocenters. The molecule has 2 aromatic rings. The third kappa shape index (κ3) is 4.56. The van der Waals surface area contributed by atoms with Crippen LogP contribution < -0.4 is 5.32 Å². The summed E-state index contributed by atoms with van der Waals surface area (Å²) in [5, 5.41) is 11.4. The molecule has 0 spiro atoms. The van der Waals surface area contributed by atoms with Gasteiger partial charge in [-0.15, -0.1) is 5.10 Å². The molecule has 5 nitrogen and oxygen atoms in total. The Morgan fingerprint density at radius 1 is 1.38 bits per heavy atom. The Morgan fingerprint density at radius 2 is 2.14 bits per heavy atom. The molecule has 1 aromatic heterocycles. The number of nitrogens with one attached hydrogen (secondary N) is 1. The summed E-state index contributed by atoms with van der Waals surface area (Å²) in [4.78, 5) is 12.2. The molecule has 1 heterocycles. The van der Waals surface area contributed by atoms with Gasteiger partial charge in [0.1, 0.15) is 0 Å². The van der Waals surface area contributed by atoms with Gasteiger partial charge in [-0.1, -0.05) is 48.9 Å². The number of nitrogens with zero attached hydrogens (tertiary/aromatic N) is 3. The first-order valence-electron chi connectivity index (χ1n) is 6.93. The van der Waals surface area contributed by atoms with Crippen LogP contribution in [0.2, 0.25) is 5.02 Å². The Bertz CT molecular complexity index is 583. The van der Waals surface area contributed by atoms with Crippen molar-refractivity contribution in [3.8, 4) is 0 Å². The monoisotopic (exact) mass is 306 g/mol. The van der Waals surface area contributed by atoms with Crippen LogP contribution >= 0.6 is 11.6 Å². The van der Waals surface area contributed by atoms with Crippen molar-refractivity contribution in [2.45, 2.75) is 32.9 Å². The SMILES string of the molecule is CC(C)[C@H](Cn1ccnn1)NC(=O)Cc1ccccc1Cl. The number of aromatic nitrogens is 3. The fourth-order valence-electron chi connectivity index (χ4n) is 2.03. The molecule has 0 aliphatic carbocycles. The van der Waals surface area contributed by atoms with Crippen molar-refractivity contribution in [3.63, 3.8) is 0 Å². The van der Waals surface area contributed by atoms with E-state index in [2.05, 4.69) is 29.5 Å². The second-order valence-electron chi connectivity index (χ2n) is 5.31. The highest BCUT2D eigenvalue weighted by Gasteiger charge is 2.18. The summed E-state index contributed by atoms with van der Waals surface area (Å²) in [5.41, 5.74) is 0.833. The summed E-state index contributed by atoms with van der Waals surface area (Å²) >= 11 is 6.08. The van der Waals surface area contributed by atoms with Gasteiger partial charge >= 0.3 is 0 Å². The number of carbonyl (C=O) groups is 1. The van der Waals surface area contributed by atoms with E-state index in [1.807, 2.05) is 18.2 Å². The van der Waals surface area contributed by atoms with Gasteiger partial charge in [-0.25, -0.2) is 0 Å². The van der Waals surface area contributed by atoms with Gasteiger partial charge in [0.05, 0.1) is 25.2 Å². The van der Waals surface area contributed by atoms with Gasteiger partial charge in [0.25, 0.3) is 0 Å². The minimum absolute atomic E-state index is 0.00156. The molecule has 21 heavy (non-hydrogen) atoms. The van der Waals surface area contributed by atoms with Crippen molar-refractivity contribution in [2.24, 2.45) is 5.92 Å². The van der Waals surface area contributed by atoms with Crippen LogP contribution in [0, 0.1) is 5.92 Å². The van der Waals surface area contributed by atoms with Gasteiger partial charge in [0.15, 0.2) is 0 Å². The first-order valence-corrected chi connectivity index (χ1v) is 7.31. The van der Waals surface area contributed by atoms with Crippen LogP contribution in [0.15, 0.2) is 36.7 Å². The average Bonchev–Trinajstić information content (AvgIpc) is 2.93. The lowest BCUT2D eigenvalue weighted by Crippen LogP contribution is -2.42. The number of benzene rings is 1. The van der Waals surface area contributed by atoms with Crippen LogP contribution in [-0.4, -0.2) is 26.9 Å². The Kier molecular flexibility index (Phi) is 5.33. The molecule has 112 valence electrons. The van der Waals surface area contributed by atoms with E-state index in [-0.39, 0.29) is 18.4 Å². The zero-order valence-corrected chi connectivity index (χ0v) is 12.9. The van der Waals surface area contributed by atoms with E-state index in [1.54, 1.807) is 23.1 Å². The van der Waals surface area contributed by atoms with E-state index in [0.717, 1.165) is 5.56 Å². The lowest BCUT2D eigenvalue weighted by molar-refractivity contribution is -0.121. The summed E-state index contributed by atoms with van der Waals surface area (Å²) in [7, 11) is 0. The first-order chi connectivity index (χ1) is 10.1. The molecule has 6 heteroatoms. The van der Waals surface area contributed by atoms with Crippen molar-refractivity contribution in [3.05, 3.63) is 47.2 Å². The van der Waals surface area contributed by atoms with Crippen LogP contribution in [0.1, 0.15) is 19.4 Å². The molecule has 0 aliphatic rings. The topological polar surface area (TPSA) is 59.8 Å². The van der Waals surface area contributed by atoms with Gasteiger partial charge in [0, 0.05) is 11.2 Å². The van der Waals surface area contributed by atoms with Crippen molar-refractivity contribution in [1.29, 1.82) is 0 Å². The summed E-state index contributed by atoms with van der Waals surface area (Å²) in [6, 6.07) is 7.39. The van der Waals surface area contributed by atoms with Gasteiger partial charge < -0.3 is 5.32 Å². The molecule has 0 bridgehead atoms. The number of hydrogen-bond acceptors (Lipinski definition) is 3. The largest absolute Gasteiger partial charge is 0.351 e. The van der Waals surface area contributed by atoms with Gasteiger partial charge in [-0.05, 0) is 17.5 Å². The van der Waals surface area contributed by atoms with E-state index >= 15 is 0 Å². The molecule has 1 N–H and O–H groups in total. The molecule has 0 saturated heterocycles. The van der Waals surface area contributed by atoms with Crippen molar-refractivity contribution in [2.75, 3.05) is 0 Å². The van der Waals surface area contributed by atoms with Crippen molar-refractivity contribution in [1.82, 2.24) is 20.3 Å². The zero-order valence-electron chi connectivity index (χ0n) is 12.2. The molecule has 0 fully saturated rings. The quantitative estimate of drug-likeness (QED) is 0.891. The molecule has 0 saturated carbocycles. The number of amides is 1. The molecular weight excluding hydrogens is 288 g/mol. The number of halogens is 1. The summed E-state index contributed by atoms with van der Waals surface area (Å²) in [6.07, 6.45) is 3.69. The first kappa shape index (κ1) is 15.5. The molecule has 1 atom stereocenters. The fraction of sp³-hybridized carbons (Fsp3) is 0.400. The van der Waals surface area contributed by atoms with Gasteiger partial charge in [-0.3, -0.25) is 9.48 Å². The second-order valence-corrected chi connectivity index (χ2v) is 5.72. The summed E-state index contributed by atoms with van der Waals surface area (Å²) < 4.78 is 1.72. The lowest BCUT2D eigenvalue weighted by atomic mass is 10.0. The Balaban J connectivity index is 1.97. The molecule has 0 aliphatic heterocycles. The normalized spacial score (nSPS) is 12.4. The number of hydrogen-bond donors (Lipinski definition) is 1.